The van der Waals surface area contributed by atoms with Crippen LogP contribution in [0.15, 0.2) is 24.3 Å². The van der Waals surface area contributed by atoms with Gasteiger partial charge in [-0.1, -0.05) is 12.1 Å². The number of carbonyl (C=O) groups excluding carboxylic acids is 1. The van der Waals surface area contributed by atoms with Crippen LogP contribution >= 0.6 is 0 Å². The third kappa shape index (κ3) is 1.81. The lowest BCUT2D eigenvalue weighted by Crippen LogP contribution is -2.20. The Morgan fingerprint density at radius 2 is 2.07 bits per heavy atom. The molecule has 0 N–H and O–H groups in total. The van der Waals surface area contributed by atoms with Crippen molar-refractivity contribution in [3.8, 4) is 0 Å². The summed E-state index contributed by atoms with van der Waals surface area (Å²) in [5, 5.41) is 10.8. The molecule has 0 saturated carbocycles. The van der Waals surface area contributed by atoms with Gasteiger partial charge in [-0.15, -0.1) is 0 Å². The van der Waals surface area contributed by atoms with Gasteiger partial charge in [-0.05, 0) is 6.07 Å². The van der Waals surface area contributed by atoms with Crippen molar-refractivity contribution in [2.45, 2.75) is 6.42 Å². The summed E-state index contributed by atoms with van der Waals surface area (Å²) >= 11 is 0. The molecule has 1 aliphatic rings. The number of ketones is 1. The first kappa shape index (κ1) is 9.64. The highest BCUT2D eigenvalue weighted by Gasteiger charge is 2.25. The molecule has 0 bridgehead atoms. The molecule has 0 radical (unpaired) electrons. The molecule has 1 heterocycles. The van der Waals surface area contributed by atoms with Crippen molar-refractivity contribution in [1.29, 1.82) is 0 Å². The largest absolute Gasteiger partial charge is 0.358 e. The lowest BCUT2D eigenvalue weighted by atomic mass is 10.2. The number of para-hydroxylation sites is 2. The Bertz CT molecular complexity index is 417. The van der Waals surface area contributed by atoms with Gasteiger partial charge in [0.05, 0.1) is 11.5 Å². The fourth-order valence-electron chi connectivity index (χ4n) is 1.72. The standard InChI is InChI=1S/C10H10N2O3/c13-8-5-6-11(7-8)9-3-1-2-4-10(9)12(14)15/h1-4H,5-7H2. The molecular weight excluding hydrogens is 196 g/mol. The highest BCUT2D eigenvalue weighted by atomic mass is 16.6. The monoisotopic (exact) mass is 206 g/mol. The average Bonchev–Trinajstić information content (AvgIpc) is 2.65. The number of hydrogen-bond acceptors (Lipinski definition) is 4. The number of nitrogens with zero attached hydrogens (tertiary/aromatic N) is 2. The molecule has 1 aromatic rings. The second kappa shape index (κ2) is 3.68. The van der Waals surface area contributed by atoms with E-state index >= 15 is 0 Å². The zero-order valence-corrected chi connectivity index (χ0v) is 8.05. The SMILES string of the molecule is O=C1CCN(c2ccccc2[N+](=O)[O-])C1. The first-order valence-corrected chi connectivity index (χ1v) is 4.68. The van der Waals surface area contributed by atoms with E-state index in [1.807, 2.05) is 0 Å². The van der Waals surface area contributed by atoms with Crippen LogP contribution in [-0.4, -0.2) is 23.8 Å². The molecule has 2 rings (SSSR count). The van der Waals surface area contributed by atoms with E-state index in [1.165, 1.54) is 6.07 Å². The molecule has 0 atom stereocenters. The number of nitro groups is 1. The van der Waals surface area contributed by atoms with Crippen molar-refractivity contribution >= 4 is 17.2 Å². The van der Waals surface area contributed by atoms with Gasteiger partial charge in [-0.25, -0.2) is 0 Å². The summed E-state index contributed by atoms with van der Waals surface area (Å²) in [6.07, 6.45) is 0.478. The summed E-state index contributed by atoms with van der Waals surface area (Å²) < 4.78 is 0. The predicted molar refractivity (Wildman–Crippen MR) is 54.9 cm³/mol. The molecule has 78 valence electrons. The quantitative estimate of drug-likeness (QED) is 0.541. The number of rotatable bonds is 2. The van der Waals surface area contributed by atoms with E-state index in [1.54, 1.807) is 23.1 Å². The van der Waals surface area contributed by atoms with Crippen LogP contribution in [0, 0.1) is 10.1 Å². The van der Waals surface area contributed by atoms with Crippen molar-refractivity contribution in [2.75, 3.05) is 18.0 Å². The number of nitro benzene ring substituents is 1. The summed E-state index contributed by atoms with van der Waals surface area (Å²) in [5.74, 6) is 0.133. The zero-order chi connectivity index (χ0) is 10.8. The Kier molecular flexibility index (Phi) is 2.37. The maximum Gasteiger partial charge on any atom is 0.292 e. The summed E-state index contributed by atoms with van der Waals surface area (Å²) in [5.41, 5.74) is 0.598. The summed E-state index contributed by atoms with van der Waals surface area (Å²) in [6, 6.07) is 6.50. The molecule has 1 aromatic carbocycles. The van der Waals surface area contributed by atoms with E-state index in [2.05, 4.69) is 0 Å². The minimum Gasteiger partial charge on any atom is -0.358 e. The van der Waals surface area contributed by atoms with Crippen molar-refractivity contribution in [3.05, 3.63) is 34.4 Å². The number of anilines is 1. The molecule has 1 aliphatic heterocycles. The molecule has 0 aliphatic carbocycles. The maximum absolute atomic E-state index is 11.1. The Morgan fingerprint density at radius 1 is 1.33 bits per heavy atom. The van der Waals surface area contributed by atoms with Crippen LogP contribution in [0.25, 0.3) is 0 Å². The lowest BCUT2D eigenvalue weighted by Gasteiger charge is -2.15. The van der Waals surface area contributed by atoms with Gasteiger partial charge in [0.2, 0.25) is 0 Å². The first-order chi connectivity index (χ1) is 7.18. The van der Waals surface area contributed by atoms with Crippen molar-refractivity contribution in [1.82, 2.24) is 0 Å². The summed E-state index contributed by atoms with van der Waals surface area (Å²) in [7, 11) is 0. The highest BCUT2D eigenvalue weighted by Crippen LogP contribution is 2.29. The van der Waals surface area contributed by atoms with Crippen molar-refractivity contribution in [3.63, 3.8) is 0 Å². The van der Waals surface area contributed by atoms with E-state index in [0.717, 1.165) is 0 Å². The summed E-state index contributed by atoms with van der Waals surface area (Å²) in [6.45, 7) is 0.856. The van der Waals surface area contributed by atoms with Gasteiger partial charge in [-0.2, -0.15) is 0 Å². The lowest BCUT2D eigenvalue weighted by molar-refractivity contribution is -0.384. The van der Waals surface area contributed by atoms with Gasteiger partial charge >= 0.3 is 0 Å². The van der Waals surface area contributed by atoms with Gasteiger partial charge in [-0.3, -0.25) is 14.9 Å². The molecule has 0 spiro atoms. The molecule has 0 aromatic heterocycles. The van der Waals surface area contributed by atoms with E-state index in [4.69, 9.17) is 0 Å². The Hall–Kier alpha value is -1.91. The van der Waals surface area contributed by atoms with Crippen LogP contribution in [0.2, 0.25) is 0 Å². The van der Waals surface area contributed by atoms with Gasteiger partial charge in [0, 0.05) is 19.0 Å². The number of carbonyl (C=O) groups is 1. The number of hydrogen-bond donors (Lipinski definition) is 0. The first-order valence-electron chi connectivity index (χ1n) is 4.68. The van der Waals surface area contributed by atoms with Gasteiger partial charge in [0.1, 0.15) is 5.69 Å². The van der Waals surface area contributed by atoms with Crippen molar-refractivity contribution in [2.24, 2.45) is 0 Å². The van der Waals surface area contributed by atoms with E-state index in [-0.39, 0.29) is 18.0 Å². The molecule has 0 unspecified atom stereocenters. The smallest absolute Gasteiger partial charge is 0.292 e. The second-order valence-electron chi connectivity index (χ2n) is 3.46. The van der Waals surface area contributed by atoms with Gasteiger partial charge < -0.3 is 4.90 Å². The Balaban J connectivity index is 2.35. The number of Topliss-reactive ketones (excluding diaryl/α,β-unsaturated/α-hetero) is 1. The minimum atomic E-state index is -0.419. The third-order valence-electron chi connectivity index (χ3n) is 2.45. The molecule has 15 heavy (non-hydrogen) atoms. The van der Waals surface area contributed by atoms with Crippen molar-refractivity contribution < 1.29 is 9.72 Å². The summed E-state index contributed by atoms with van der Waals surface area (Å²) in [4.78, 5) is 23.2. The van der Waals surface area contributed by atoms with E-state index < -0.39 is 4.92 Å². The van der Waals surface area contributed by atoms with E-state index in [0.29, 0.717) is 18.7 Å². The molecule has 0 amide bonds. The highest BCUT2D eigenvalue weighted by molar-refractivity contribution is 5.88. The van der Waals surface area contributed by atoms with Crippen LogP contribution in [0.1, 0.15) is 6.42 Å². The van der Waals surface area contributed by atoms with Crippen LogP contribution < -0.4 is 4.90 Å². The zero-order valence-electron chi connectivity index (χ0n) is 8.05. The molecule has 5 nitrogen and oxygen atoms in total. The number of benzene rings is 1. The fraction of sp³-hybridized carbons (Fsp3) is 0.300. The molecular formula is C10H10N2O3. The molecule has 1 fully saturated rings. The fourth-order valence-corrected chi connectivity index (χ4v) is 1.72. The Labute approximate surface area is 86.5 Å². The van der Waals surface area contributed by atoms with Crippen LogP contribution in [0.5, 0.6) is 0 Å². The Morgan fingerprint density at radius 3 is 2.67 bits per heavy atom. The van der Waals surface area contributed by atoms with Gasteiger partial charge in [0.15, 0.2) is 5.78 Å². The predicted octanol–water partition coefficient (Wildman–Crippen LogP) is 1.37. The van der Waals surface area contributed by atoms with E-state index in [9.17, 15) is 14.9 Å². The third-order valence-corrected chi connectivity index (χ3v) is 2.45. The molecule has 1 saturated heterocycles. The topological polar surface area (TPSA) is 63.5 Å². The van der Waals surface area contributed by atoms with Crippen LogP contribution in [0.3, 0.4) is 0 Å². The van der Waals surface area contributed by atoms with Gasteiger partial charge in [0.25, 0.3) is 5.69 Å². The molecule has 5 heteroatoms. The second-order valence-corrected chi connectivity index (χ2v) is 3.46. The normalized spacial score (nSPS) is 15.7. The maximum atomic E-state index is 11.1. The average molecular weight is 206 g/mol. The van der Waals surface area contributed by atoms with Crippen LogP contribution in [0.4, 0.5) is 11.4 Å². The minimum absolute atomic E-state index is 0.0622. The van der Waals surface area contributed by atoms with Crippen LogP contribution in [-0.2, 0) is 4.79 Å².